The summed E-state index contributed by atoms with van der Waals surface area (Å²) in [4.78, 5) is 38.3. The van der Waals surface area contributed by atoms with Crippen molar-refractivity contribution in [3.63, 3.8) is 0 Å². The summed E-state index contributed by atoms with van der Waals surface area (Å²) in [5.74, 6) is -0.845. The maximum absolute atomic E-state index is 12.9. The van der Waals surface area contributed by atoms with E-state index in [4.69, 9.17) is 14.2 Å². The number of allylic oxidation sites excluding steroid dienone is 2. The molecule has 0 spiro atoms. The van der Waals surface area contributed by atoms with E-state index in [-0.39, 0.29) is 31.1 Å². The maximum atomic E-state index is 12.9. The fourth-order valence-electron chi connectivity index (χ4n) is 10.6. The molecule has 0 N–H and O–H groups in total. The van der Waals surface area contributed by atoms with Crippen LogP contribution in [-0.2, 0) is 28.6 Å². The Kier molecular flexibility index (Phi) is 63.1. The van der Waals surface area contributed by atoms with Crippen LogP contribution in [0.1, 0.15) is 393 Å². The second kappa shape index (κ2) is 64.7. The Bertz CT molecular complexity index is 1170. The van der Waals surface area contributed by atoms with Gasteiger partial charge in [-0.15, -0.1) is 0 Å². The number of esters is 3. The van der Waals surface area contributed by atoms with Crippen molar-refractivity contribution in [3.05, 3.63) is 12.2 Å². The van der Waals surface area contributed by atoms with Crippen LogP contribution in [0, 0.1) is 0 Å². The quantitative estimate of drug-likeness (QED) is 0.0261. The molecule has 0 saturated carbocycles. The van der Waals surface area contributed by atoms with Crippen LogP contribution >= 0.6 is 0 Å². The van der Waals surface area contributed by atoms with Crippen molar-refractivity contribution in [1.82, 2.24) is 0 Å². The Labute approximate surface area is 469 Å². The van der Waals surface area contributed by atoms with Gasteiger partial charge in [0, 0.05) is 19.3 Å². The number of hydrogen-bond donors (Lipinski definition) is 0. The lowest BCUT2D eigenvalue weighted by Crippen LogP contribution is -2.30. The van der Waals surface area contributed by atoms with Gasteiger partial charge in [0.25, 0.3) is 0 Å². The molecule has 0 aliphatic carbocycles. The van der Waals surface area contributed by atoms with Crippen LogP contribution in [0.4, 0.5) is 0 Å². The zero-order valence-corrected chi connectivity index (χ0v) is 51.1. The molecule has 0 aromatic rings. The molecule has 0 radical (unpaired) electrons. The van der Waals surface area contributed by atoms with Crippen LogP contribution in [0.5, 0.6) is 0 Å². The highest BCUT2D eigenvalue weighted by molar-refractivity contribution is 5.71. The third-order valence-corrected chi connectivity index (χ3v) is 15.8. The van der Waals surface area contributed by atoms with Crippen LogP contribution in [0.15, 0.2) is 12.2 Å². The summed E-state index contributed by atoms with van der Waals surface area (Å²) in [6, 6.07) is 0. The van der Waals surface area contributed by atoms with Gasteiger partial charge in [0.1, 0.15) is 13.2 Å². The summed E-state index contributed by atoms with van der Waals surface area (Å²) in [5.41, 5.74) is 0. The number of unbranched alkanes of at least 4 members (excludes halogenated alkanes) is 51. The molecule has 1 unspecified atom stereocenters. The van der Waals surface area contributed by atoms with Crippen LogP contribution < -0.4 is 0 Å². The van der Waals surface area contributed by atoms with Crippen molar-refractivity contribution in [2.75, 3.05) is 13.2 Å². The first-order valence-electron chi connectivity index (χ1n) is 34.2. The molecule has 0 saturated heterocycles. The highest BCUT2D eigenvalue weighted by Crippen LogP contribution is 2.19. The first-order chi connectivity index (χ1) is 37.0. The van der Waals surface area contributed by atoms with E-state index in [1.807, 2.05) is 0 Å². The fraction of sp³-hybridized carbons (Fsp3) is 0.928. The molecule has 0 amide bonds. The molecule has 0 heterocycles. The third kappa shape index (κ3) is 62.9. The van der Waals surface area contributed by atoms with E-state index >= 15 is 0 Å². The molecule has 75 heavy (non-hydrogen) atoms. The average molecular weight is 1060 g/mol. The van der Waals surface area contributed by atoms with Gasteiger partial charge >= 0.3 is 17.9 Å². The Hall–Kier alpha value is -1.85. The van der Waals surface area contributed by atoms with Crippen molar-refractivity contribution in [1.29, 1.82) is 0 Å². The van der Waals surface area contributed by atoms with Crippen LogP contribution in [-0.4, -0.2) is 37.2 Å². The lowest BCUT2D eigenvalue weighted by molar-refractivity contribution is -0.167. The van der Waals surface area contributed by atoms with Gasteiger partial charge in [-0.25, -0.2) is 0 Å². The van der Waals surface area contributed by atoms with Crippen molar-refractivity contribution in [2.24, 2.45) is 0 Å². The summed E-state index contributed by atoms with van der Waals surface area (Å²) < 4.78 is 16.9. The molecule has 0 rings (SSSR count). The second-order valence-electron chi connectivity index (χ2n) is 23.5. The van der Waals surface area contributed by atoms with Crippen molar-refractivity contribution in [3.8, 4) is 0 Å². The van der Waals surface area contributed by atoms with Crippen LogP contribution in [0.3, 0.4) is 0 Å². The van der Waals surface area contributed by atoms with Gasteiger partial charge in [-0.1, -0.05) is 341 Å². The van der Waals surface area contributed by atoms with Crippen molar-refractivity contribution < 1.29 is 28.6 Å². The number of carbonyl (C=O) groups excluding carboxylic acids is 3. The van der Waals surface area contributed by atoms with E-state index in [9.17, 15) is 14.4 Å². The molecular formula is C69H132O6. The molecule has 0 fully saturated rings. The SMILES string of the molecule is CCCCCC/C=C\CCCCCCCC(=O)OCC(COC(=O)CCCCCCCCCCCCCCCCCCCCCCCCCCCCCCCC)OC(=O)CCCCCCCCCCCCCCCC. The second-order valence-corrected chi connectivity index (χ2v) is 23.5. The lowest BCUT2D eigenvalue weighted by atomic mass is 10.0. The molecule has 0 bridgehead atoms. The maximum Gasteiger partial charge on any atom is 0.306 e. The first kappa shape index (κ1) is 73.2. The topological polar surface area (TPSA) is 78.9 Å². The molecule has 0 aliphatic rings. The normalized spacial score (nSPS) is 12.0. The van der Waals surface area contributed by atoms with Gasteiger partial charge in [0.2, 0.25) is 0 Å². The number of hydrogen-bond acceptors (Lipinski definition) is 6. The van der Waals surface area contributed by atoms with E-state index in [0.717, 1.165) is 64.2 Å². The highest BCUT2D eigenvalue weighted by atomic mass is 16.6. The fourth-order valence-corrected chi connectivity index (χ4v) is 10.6. The minimum absolute atomic E-state index is 0.0661. The standard InChI is InChI=1S/C69H132O6/c1-4-7-10-13-16-19-22-25-27-28-29-30-31-32-33-34-35-36-37-38-39-40-41-42-45-47-50-53-56-59-62-68(71)74-65-66(64-73-67(70)61-58-55-52-49-46-43-24-21-18-15-12-9-6-3)75-69(72)63-60-57-54-51-48-44-26-23-20-17-14-11-8-5-2/h21,24,66H,4-20,22-23,25-65H2,1-3H3/b24-21-. The van der Waals surface area contributed by atoms with Gasteiger partial charge in [-0.2, -0.15) is 0 Å². The van der Waals surface area contributed by atoms with Gasteiger partial charge in [0.05, 0.1) is 0 Å². The van der Waals surface area contributed by atoms with Gasteiger partial charge in [-0.05, 0) is 44.9 Å². The summed E-state index contributed by atoms with van der Waals surface area (Å²) >= 11 is 0. The summed E-state index contributed by atoms with van der Waals surface area (Å²) in [5, 5.41) is 0. The van der Waals surface area contributed by atoms with Crippen molar-refractivity contribution >= 4 is 17.9 Å². The van der Waals surface area contributed by atoms with Gasteiger partial charge in [0.15, 0.2) is 6.10 Å². The zero-order valence-electron chi connectivity index (χ0n) is 51.1. The van der Waals surface area contributed by atoms with Crippen molar-refractivity contribution in [2.45, 2.75) is 399 Å². The Morgan fingerprint density at radius 2 is 0.440 bits per heavy atom. The van der Waals surface area contributed by atoms with E-state index in [2.05, 4.69) is 32.9 Å². The highest BCUT2D eigenvalue weighted by Gasteiger charge is 2.19. The monoisotopic (exact) mass is 1060 g/mol. The summed E-state index contributed by atoms with van der Waals surface area (Å²) in [6.07, 6.45) is 76.8. The predicted octanol–water partition coefficient (Wildman–Crippen LogP) is 23.2. The molecule has 0 aromatic heterocycles. The number of rotatable bonds is 64. The van der Waals surface area contributed by atoms with Gasteiger partial charge < -0.3 is 14.2 Å². The van der Waals surface area contributed by atoms with E-state index in [1.165, 1.54) is 289 Å². The van der Waals surface area contributed by atoms with Crippen LogP contribution in [0.2, 0.25) is 0 Å². The first-order valence-corrected chi connectivity index (χ1v) is 34.2. The Balaban J connectivity index is 4.09. The van der Waals surface area contributed by atoms with Gasteiger partial charge in [-0.3, -0.25) is 14.4 Å². The summed E-state index contributed by atoms with van der Waals surface area (Å²) in [7, 11) is 0. The molecular weight excluding hydrogens is 925 g/mol. The molecule has 0 aliphatic heterocycles. The average Bonchev–Trinajstić information content (AvgIpc) is 3.41. The summed E-state index contributed by atoms with van der Waals surface area (Å²) in [6.45, 7) is 6.69. The Morgan fingerprint density at radius 1 is 0.253 bits per heavy atom. The molecule has 0 aromatic carbocycles. The minimum atomic E-state index is -0.768. The molecule has 6 nitrogen and oxygen atoms in total. The predicted molar refractivity (Wildman–Crippen MR) is 326 cm³/mol. The number of carbonyl (C=O) groups is 3. The minimum Gasteiger partial charge on any atom is -0.462 e. The largest absolute Gasteiger partial charge is 0.462 e. The Morgan fingerprint density at radius 3 is 0.680 bits per heavy atom. The number of ether oxygens (including phenoxy) is 3. The van der Waals surface area contributed by atoms with E-state index in [1.54, 1.807) is 0 Å². The van der Waals surface area contributed by atoms with E-state index in [0.29, 0.717) is 19.3 Å². The molecule has 444 valence electrons. The van der Waals surface area contributed by atoms with Crippen LogP contribution in [0.25, 0.3) is 0 Å². The smallest absolute Gasteiger partial charge is 0.306 e. The molecule has 6 heteroatoms. The lowest BCUT2D eigenvalue weighted by Gasteiger charge is -2.18. The zero-order chi connectivity index (χ0) is 54.3. The third-order valence-electron chi connectivity index (χ3n) is 15.8. The van der Waals surface area contributed by atoms with E-state index < -0.39 is 6.10 Å². The molecule has 1 atom stereocenters.